The van der Waals surface area contributed by atoms with Crippen molar-refractivity contribution in [1.82, 2.24) is 68.9 Å². The van der Waals surface area contributed by atoms with Crippen LogP contribution >= 0.6 is 63.4 Å². The fraction of sp³-hybridized carbons (Fsp3) is 0.381. The van der Waals surface area contributed by atoms with Gasteiger partial charge in [0.2, 0.25) is 0 Å². The SMILES string of the molecule is CC(C)(C)OC(=O)N[C@@H]1CCCCC1OCS.CC(C)(C)OC(=O)n1cc(B2OC(C)(C)C(C)(C)O2)cn1.C[Si](C)(C)CCOCn1cnc(-c2ccc3ncc(Br)cc3c2)c1-c1cc(Cl)c(F)cc1F.C[Si](C)(C)CCOCn1cnc(-c2ccc3ncc(C4=CCN=C4)cc3c2)c1-c1cc(Cl)c(F)cc1F.N[C@@H]1CCCC[C@H]1n1cc(-c2cnc3ccc(-c4nc[nH]c4-c4cc(Cl)c(F)cc4F)cc3c2)cn1. The van der Waals surface area contributed by atoms with Gasteiger partial charge in [-0.15, -0.1) is 0 Å². The molecule has 1 unspecified atom stereocenters. The number of amides is 1. The Morgan fingerprint density at radius 1 is 0.562 bits per heavy atom. The molecular weight excluding hydrogens is 2030 g/mol. The lowest BCUT2D eigenvalue weighted by Crippen LogP contribution is -2.47. The third-order valence-electron chi connectivity index (χ3n) is 24.8. The highest BCUT2D eigenvalue weighted by Gasteiger charge is 2.52. The van der Waals surface area contributed by atoms with Gasteiger partial charge in [0.15, 0.2) is 0 Å². The van der Waals surface area contributed by atoms with Gasteiger partial charge in [-0.25, -0.2) is 50.9 Å². The monoisotopic (exact) mass is 2140 g/mol. The molecule has 25 nitrogen and oxygen atoms in total. The third kappa shape index (κ3) is 28.0. The van der Waals surface area contributed by atoms with Gasteiger partial charge in [0.25, 0.3) is 0 Å². The average Bonchev–Trinajstić information content (AvgIpc) is 1.63. The van der Waals surface area contributed by atoms with E-state index in [1.54, 1.807) is 40.4 Å². The Kier molecular flexibility index (Phi) is 35.2. The molecule has 144 heavy (non-hydrogen) atoms. The summed E-state index contributed by atoms with van der Waals surface area (Å²) < 4.78 is 133. The largest absolute Gasteiger partial charge is 0.498 e. The van der Waals surface area contributed by atoms with Gasteiger partial charge in [-0.05, 0) is 201 Å². The van der Waals surface area contributed by atoms with Gasteiger partial charge < -0.3 is 58.2 Å². The maximum absolute atomic E-state index is 15.1. The van der Waals surface area contributed by atoms with Crippen molar-refractivity contribution in [3.05, 3.63) is 238 Å². The molecule has 14 aromatic rings. The third-order valence-corrected chi connectivity index (χ3v) is 29.7. The van der Waals surface area contributed by atoms with E-state index in [9.17, 15) is 31.5 Å². The van der Waals surface area contributed by atoms with Gasteiger partial charge in [0.1, 0.15) is 59.6 Å². The van der Waals surface area contributed by atoms with Gasteiger partial charge in [0.05, 0.1) is 133 Å². The van der Waals surface area contributed by atoms with Crippen molar-refractivity contribution in [2.75, 3.05) is 25.7 Å². The molecule has 0 spiro atoms. The molecule has 39 heteroatoms. The number of nitrogens with two attached hydrogens (primary N) is 1. The van der Waals surface area contributed by atoms with Gasteiger partial charge in [-0.2, -0.15) is 27.5 Å². The number of halogens is 10. The highest BCUT2D eigenvalue weighted by molar-refractivity contribution is 9.10. The van der Waals surface area contributed by atoms with E-state index < -0.39 is 86.7 Å². The van der Waals surface area contributed by atoms with Crippen molar-refractivity contribution < 1.29 is 68.9 Å². The number of ether oxygens (including phenoxy) is 5. The predicted octanol–water partition coefficient (Wildman–Crippen LogP) is 26.5. The summed E-state index contributed by atoms with van der Waals surface area (Å²) in [5.74, 6) is -4.19. The summed E-state index contributed by atoms with van der Waals surface area (Å²) in [4.78, 5) is 58.0. The molecule has 2 saturated carbocycles. The number of aliphatic imine (C=N–C) groups is 1. The van der Waals surface area contributed by atoms with Gasteiger partial charge in [0, 0.05) is 173 Å². The van der Waals surface area contributed by atoms with Crippen LogP contribution in [-0.4, -0.2) is 172 Å². The van der Waals surface area contributed by atoms with Gasteiger partial charge >= 0.3 is 19.3 Å². The summed E-state index contributed by atoms with van der Waals surface area (Å²) in [6.07, 6.45) is 28.8. The zero-order valence-corrected chi connectivity index (χ0v) is 90.1. The number of alkyl carbamates (subject to hydrolysis) is 1. The van der Waals surface area contributed by atoms with E-state index in [2.05, 4.69) is 141 Å². The van der Waals surface area contributed by atoms with E-state index >= 15 is 4.39 Å². The van der Waals surface area contributed by atoms with Crippen LogP contribution in [0.4, 0.5) is 35.9 Å². The number of nitrogens with one attached hydrogen (secondary N) is 2. The minimum absolute atomic E-state index is 0.0470. The summed E-state index contributed by atoms with van der Waals surface area (Å²) >= 11 is 25.5. The molecule has 0 radical (unpaired) electrons. The molecule has 3 fully saturated rings. The Morgan fingerprint density at radius 2 is 1.05 bits per heavy atom. The van der Waals surface area contributed by atoms with Crippen molar-refractivity contribution >= 4 is 149 Å². The van der Waals surface area contributed by atoms with Crippen LogP contribution in [0.15, 0.2) is 187 Å². The van der Waals surface area contributed by atoms with E-state index in [4.69, 9.17) is 73.5 Å². The van der Waals surface area contributed by atoms with Crippen LogP contribution in [0.5, 0.6) is 0 Å². The summed E-state index contributed by atoms with van der Waals surface area (Å²) in [7, 11) is -3.06. The van der Waals surface area contributed by atoms with Crippen molar-refractivity contribution in [1.29, 1.82) is 0 Å². The van der Waals surface area contributed by atoms with Crippen molar-refractivity contribution in [3.8, 4) is 78.7 Å². The highest BCUT2D eigenvalue weighted by Crippen LogP contribution is 2.43. The summed E-state index contributed by atoms with van der Waals surface area (Å²) in [5, 5.41) is 13.8. The molecule has 10 heterocycles. The fourth-order valence-corrected chi connectivity index (χ4v) is 19.1. The molecule has 1 amide bonds. The molecule has 4 aliphatic rings. The van der Waals surface area contributed by atoms with E-state index in [1.165, 1.54) is 30.9 Å². The van der Waals surface area contributed by atoms with Crippen LogP contribution < -0.4 is 16.5 Å². The molecule has 4 atom stereocenters. The van der Waals surface area contributed by atoms with Crippen molar-refractivity contribution in [3.63, 3.8) is 0 Å². The number of aromatic amines is 1. The number of H-pyrrole nitrogens is 1. The molecule has 6 aromatic carbocycles. The lowest BCUT2D eigenvalue weighted by molar-refractivity contribution is 0.00578. The smallest absolute Gasteiger partial charge is 0.444 e. The second-order valence-electron chi connectivity index (χ2n) is 41.2. The fourth-order valence-electron chi connectivity index (χ4n) is 16.5. The first-order valence-electron chi connectivity index (χ1n) is 47.6. The Labute approximate surface area is 865 Å². The number of hydrogen-bond acceptors (Lipinski definition) is 20. The number of nitrogens with zero attached hydrogens (tertiary/aromatic N) is 13. The zero-order valence-electron chi connectivity index (χ0n) is 83.3. The van der Waals surface area contributed by atoms with E-state index in [0.717, 1.165) is 156 Å². The van der Waals surface area contributed by atoms with Crippen LogP contribution in [0.2, 0.25) is 66.4 Å². The normalized spacial score (nSPS) is 16.8. The molecule has 2 aliphatic heterocycles. The Bertz CT molecular complexity index is 7010. The second-order valence-corrected chi connectivity index (χ2v) is 54.9. The maximum Gasteiger partial charge on any atom is 0.498 e. The molecule has 0 bridgehead atoms. The molecule has 2 aliphatic carbocycles. The van der Waals surface area contributed by atoms with E-state index in [0.29, 0.717) is 65.3 Å². The van der Waals surface area contributed by atoms with Crippen LogP contribution in [0, 0.1) is 34.9 Å². The lowest BCUT2D eigenvalue weighted by Gasteiger charge is -2.32. The first kappa shape index (κ1) is 109. The van der Waals surface area contributed by atoms with Crippen molar-refractivity contribution in [2.24, 2.45) is 10.7 Å². The Balaban J connectivity index is 0.000000147. The average molecular weight is 2150 g/mol. The summed E-state index contributed by atoms with van der Waals surface area (Å²) in [6, 6.07) is 31.9. The summed E-state index contributed by atoms with van der Waals surface area (Å²) in [5.41, 5.74) is 17.3. The number of allylic oxidation sites excluding steroid dienone is 1. The number of pyridine rings is 3. The van der Waals surface area contributed by atoms with Gasteiger partial charge in [-0.1, -0.05) is 124 Å². The summed E-state index contributed by atoms with van der Waals surface area (Å²) in [6.45, 7) is 34.8. The molecule has 1 saturated heterocycles. The quantitative estimate of drug-likeness (QED) is 0.0116. The van der Waals surface area contributed by atoms with Gasteiger partial charge in [-0.3, -0.25) is 24.6 Å². The Morgan fingerprint density at radius 3 is 1.57 bits per heavy atom. The highest BCUT2D eigenvalue weighted by atomic mass is 79.9. The standard InChI is InChI=1S/C28H27ClF2N4OSi.C27H23ClF2N6.C24H23BrClF2N3OSi.C14H23BN2O4.C12H23NO3S/c1-37(2,3)9-8-36-17-35-16-34-27(28(35)22-12-23(29)25(31)13-24(22)30)18-4-5-26-20(10-18)11-21(15-33-26)19-6-7-32-14-19;28-20-9-19(21(29)10-22(20)30)27-26(33-14-34-27)15-5-6-24-16(7-15)8-17(11-32-24)18-12-35-36(13-18)25-4-2-1-3-23(25)31;1-33(2,3)7-6-32-14-31-13-30-23(24(31)18-10-19(26)21(28)11-20(18)27)15-4-5-22-16(8-15)9-17(25)12-29-22;1-12(2,3)19-11(18)17-9-10(8-16-17)15-20-13(4,5)14(6,7)21-15;1-12(2,3)16-11(14)13-9-6-4-5-7-10(9)15-8-17/h4-6,10-16H,7-9,17H2,1-3H3;5-14,23,25H,1-4,31H2,(H,33,34);4-5,8-13H,6-7,14H2,1-3H3;8-9H,1-7H3;9-10,17H,4-8H2,1-3H3,(H,13,14)/t;23-,25-;;;9-,10?/m.1..1/s1. The number of aromatic nitrogens is 13. The minimum Gasteiger partial charge on any atom is -0.444 e. The number of thiol groups is 1. The number of benzene rings is 6. The second kappa shape index (κ2) is 46.6. The molecule has 760 valence electrons. The van der Waals surface area contributed by atoms with Crippen LogP contribution in [0.3, 0.4) is 0 Å². The number of fused-ring (bicyclic) bond motifs is 3. The zero-order chi connectivity index (χ0) is 104. The number of rotatable bonds is 23. The molecule has 8 aromatic heterocycles. The lowest BCUT2D eigenvalue weighted by atomic mass is 9.82. The molecular formula is C105H119BBrCl3F6N16O9SSi2. The number of carbonyl (C=O) groups excluding carboxylic acids is 2. The first-order chi connectivity index (χ1) is 68.1. The topological polar surface area (TPSA) is 288 Å². The first-order valence-corrected chi connectivity index (χ1v) is 57.6. The number of carbonyl (C=O) groups is 2. The minimum atomic E-state index is -1.27. The predicted molar refractivity (Wildman–Crippen MR) is 570 cm³/mol. The number of hydrogen-bond donors (Lipinski definition) is 4. The Hall–Kier alpha value is -10.7. The molecule has 18 rings (SSSR count). The van der Waals surface area contributed by atoms with Crippen LogP contribution in [0.1, 0.15) is 132 Å². The van der Waals surface area contributed by atoms with E-state index in [-0.39, 0.29) is 75.5 Å². The maximum atomic E-state index is 15.1. The van der Waals surface area contributed by atoms with Crippen LogP contribution in [0.25, 0.3) is 117 Å². The molecule has 4 N–H and O–H groups in total. The number of imidazole rings is 3. The van der Waals surface area contributed by atoms with Crippen LogP contribution in [-0.2, 0) is 46.5 Å². The van der Waals surface area contributed by atoms with E-state index in [1.807, 2.05) is 166 Å². The van der Waals surface area contributed by atoms with Crippen molar-refractivity contribution in [2.45, 2.75) is 232 Å².